The van der Waals surface area contributed by atoms with Gasteiger partial charge in [-0.15, -0.1) is 11.3 Å². The minimum Gasteiger partial charge on any atom is -0.373 e. The average Bonchev–Trinajstić information content (AvgIpc) is 3.40. The highest BCUT2D eigenvalue weighted by Gasteiger charge is 2.63. The third-order valence-electron chi connectivity index (χ3n) is 6.43. The maximum absolute atomic E-state index is 13.1. The molecule has 2 bridgehead atoms. The van der Waals surface area contributed by atoms with E-state index in [-0.39, 0.29) is 35.6 Å². The third kappa shape index (κ3) is 2.48. The van der Waals surface area contributed by atoms with Crippen LogP contribution in [-0.4, -0.2) is 28.8 Å². The molecule has 2 aromatic rings. The van der Waals surface area contributed by atoms with Crippen molar-refractivity contribution in [2.75, 3.05) is 0 Å². The number of carbonyl (C=O) groups excluding carboxylic acids is 2. The Morgan fingerprint density at radius 2 is 1.63 bits per heavy atom. The number of rotatable bonds is 3. The molecule has 5 atom stereocenters. The number of hydrogen-bond acceptors (Lipinski definition) is 5. The Hall–Kier alpha value is -1.85. The molecule has 140 valence electrons. The fourth-order valence-electron chi connectivity index (χ4n) is 5.01. The quantitative estimate of drug-likeness (QED) is 0.745. The molecule has 3 heterocycles. The lowest BCUT2D eigenvalue weighted by Gasteiger charge is -2.16. The van der Waals surface area contributed by atoms with Crippen molar-refractivity contribution in [2.24, 2.45) is 11.8 Å². The number of ketones is 2. The first-order chi connectivity index (χ1) is 13.0. The normalized spacial score (nSPS) is 31.9. The van der Waals surface area contributed by atoms with E-state index in [1.54, 1.807) is 11.3 Å². The summed E-state index contributed by atoms with van der Waals surface area (Å²) in [6.45, 7) is 6.32. The number of benzene rings is 1. The molecule has 0 spiro atoms. The monoisotopic (exact) mass is 381 g/mol. The van der Waals surface area contributed by atoms with Crippen LogP contribution in [0.25, 0.3) is 10.6 Å². The number of ether oxygens (including phenoxy) is 1. The summed E-state index contributed by atoms with van der Waals surface area (Å²) in [4.78, 5) is 31.9. The molecule has 2 saturated heterocycles. The van der Waals surface area contributed by atoms with E-state index in [4.69, 9.17) is 9.72 Å². The first-order valence-electron chi connectivity index (χ1n) is 9.76. The number of nitrogens with zero attached hydrogens (tertiary/aromatic N) is 1. The van der Waals surface area contributed by atoms with Gasteiger partial charge in [-0.3, -0.25) is 9.59 Å². The number of aromatic nitrogens is 1. The van der Waals surface area contributed by atoms with Crippen molar-refractivity contribution in [3.63, 3.8) is 0 Å². The zero-order chi connectivity index (χ0) is 18.9. The lowest BCUT2D eigenvalue weighted by molar-refractivity contribution is -0.127. The molecular weight excluding hydrogens is 358 g/mol. The molecule has 27 heavy (non-hydrogen) atoms. The van der Waals surface area contributed by atoms with Crippen LogP contribution in [0, 0.1) is 18.8 Å². The minimum atomic E-state index is -0.688. The Kier molecular flexibility index (Phi) is 3.89. The first kappa shape index (κ1) is 17.3. The van der Waals surface area contributed by atoms with E-state index >= 15 is 0 Å². The molecule has 1 aromatic heterocycles. The molecule has 3 aliphatic rings. The van der Waals surface area contributed by atoms with E-state index in [1.807, 2.05) is 6.92 Å². The van der Waals surface area contributed by atoms with Gasteiger partial charge >= 0.3 is 0 Å². The second-order valence-electron chi connectivity index (χ2n) is 8.32. The molecule has 2 aliphatic heterocycles. The SMILES string of the molecule is Cc1sc(-c2ccc(C(C)C)cc2)nc1C1C(=O)[C@@H]2[C@H](C1=O)[C@@H]1CC[C@H]2O1. The summed E-state index contributed by atoms with van der Waals surface area (Å²) < 4.78 is 5.84. The van der Waals surface area contributed by atoms with Crippen LogP contribution < -0.4 is 0 Å². The van der Waals surface area contributed by atoms with Gasteiger partial charge < -0.3 is 4.74 Å². The summed E-state index contributed by atoms with van der Waals surface area (Å²) >= 11 is 1.57. The predicted molar refractivity (Wildman–Crippen MR) is 104 cm³/mol. The molecule has 5 heteroatoms. The summed E-state index contributed by atoms with van der Waals surface area (Å²) in [7, 11) is 0. The van der Waals surface area contributed by atoms with E-state index in [0.29, 0.717) is 11.6 Å². The van der Waals surface area contributed by atoms with Crippen molar-refractivity contribution in [2.45, 2.75) is 57.7 Å². The minimum absolute atomic E-state index is 0.0345. The molecule has 0 amide bonds. The Labute approximate surface area is 163 Å². The van der Waals surface area contributed by atoms with Crippen LogP contribution in [-0.2, 0) is 14.3 Å². The van der Waals surface area contributed by atoms with Crippen molar-refractivity contribution in [1.29, 1.82) is 0 Å². The Bertz CT molecular complexity index is 902. The van der Waals surface area contributed by atoms with Crippen molar-refractivity contribution in [3.8, 4) is 10.6 Å². The van der Waals surface area contributed by atoms with Crippen molar-refractivity contribution in [1.82, 2.24) is 4.98 Å². The molecule has 0 radical (unpaired) electrons. The molecule has 0 N–H and O–H groups in total. The highest BCUT2D eigenvalue weighted by Crippen LogP contribution is 2.52. The summed E-state index contributed by atoms with van der Waals surface area (Å²) in [5, 5.41) is 0.884. The van der Waals surface area contributed by atoms with Gasteiger partial charge in [0, 0.05) is 10.4 Å². The molecular formula is C22H23NO3S. The Morgan fingerprint density at radius 3 is 2.19 bits per heavy atom. The van der Waals surface area contributed by atoms with Crippen molar-refractivity contribution >= 4 is 22.9 Å². The third-order valence-corrected chi connectivity index (χ3v) is 7.47. The molecule has 1 unspecified atom stereocenters. The summed E-state index contributed by atoms with van der Waals surface area (Å²) in [5.74, 6) is -0.614. The van der Waals surface area contributed by atoms with Crippen LogP contribution in [0.3, 0.4) is 0 Å². The van der Waals surface area contributed by atoms with E-state index in [2.05, 4.69) is 38.1 Å². The van der Waals surface area contributed by atoms with Gasteiger partial charge in [0.1, 0.15) is 10.9 Å². The molecule has 4 nitrogen and oxygen atoms in total. The number of thiazole rings is 1. The second-order valence-corrected chi connectivity index (χ2v) is 9.52. The molecule has 1 saturated carbocycles. The highest BCUT2D eigenvalue weighted by molar-refractivity contribution is 7.15. The molecule has 1 aliphatic carbocycles. The lowest BCUT2D eigenvalue weighted by atomic mass is 9.81. The zero-order valence-corrected chi connectivity index (χ0v) is 16.6. The number of hydrogen-bond donors (Lipinski definition) is 0. The second kappa shape index (κ2) is 6.08. The maximum Gasteiger partial charge on any atom is 0.155 e. The average molecular weight is 381 g/mol. The smallest absolute Gasteiger partial charge is 0.155 e. The standard InChI is InChI=1S/C22H23NO3S/c1-10(2)12-4-6-13(7-5-12)22-23-19(11(3)27-22)18-20(24)16-14-8-9-15(26-14)17(16)21(18)25/h4-7,10,14-18H,8-9H2,1-3H3/t14-,15+,16+,17-,18?. The van der Waals surface area contributed by atoms with Gasteiger partial charge in [0.25, 0.3) is 0 Å². The Morgan fingerprint density at radius 1 is 1.04 bits per heavy atom. The Balaban J connectivity index is 1.48. The largest absolute Gasteiger partial charge is 0.373 e. The van der Waals surface area contributed by atoms with Crippen LogP contribution in [0.5, 0.6) is 0 Å². The van der Waals surface area contributed by atoms with E-state index in [0.717, 1.165) is 28.3 Å². The van der Waals surface area contributed by atoms with E-state index in [9.17, 15) is 9.59 Å². The summed E-state index contributed by atoms with van der Waals surface area (Å²) in [5.41, 5.74) is 3.00. The fourth-order valence-corrected chi connectivity index (χ4v) is 5.96. The lowest BCUT2D eigenvalue weighted by Crippen LogP contribution is -2.29. The maximum atomic E-state index is 13.1. The van der Waals surface area contributed by atoms with Crippen LogP contribution in [0.1, 0.15) is 54.7 Å². The van der Waals surface area contributed by atoms with Gasteiger partial charge in [-0.05, 0) is 31.2 Å². The number of carbonyl (C=O) groups is 2. The predicted octanol–water partition coefficient (Wildman–Crippen LogP) is 4.27. The highest BCUT2D eigenvalue weighted by atomic mass is 32.1. The van der Waals surface area contributed by atoms with Gasteiger partial charge in [0.2, 0.25) is 0 Å². The summed E-state index contributed by atoms with van der Waals surface area (Å²) in [6.07, 6.45) is 1.70. The van der Waals surface area contributed by atoms with E-state index < -0.39 is 5.92 Å². The fraction of sp³-hybridized carbons (Fsp3) is 0.500. The molecule has 5 rings (SSSR count). The van der Waals surface area contributed by atoms with E-state index in [1.165, 1.54) is 5.56 Å². The van der Waals surface area contributed by atoms with Gasteiger partial charge in [-0.2, -0.15) is 0 Å². The van der Waals surface area contributed by atoms with Crippen LogP contribution in [0.4, 0.5) is 0 Å². The van der Waals surface area contributed by atoms with Gasteiger partial charge in [-0.1, -0.05) is 38.1 Å². The van der Waals surface area contributed by atoms with Crippen molar-refractivity contribution < 1.29 is 14.3 Å². The van der Waals surface area contributed by atoms with Crippen LogP contribution in [0.2, 0.25) is 0 Å². The number of aryl methyl sites for hydroxylation is 1. The zero-order valence-electron chi connectivity index (χ0n) is 15.8. The number of Topliss-reactive ketones (excluding diaryl/α,β-unsaturated/α-hetero) is 2. The van der Waals surface area contributed by atoms with Gasteiger partial charge in [0.15, 0.2) is 11.6 Å². The van der Waals surface area contributed by atoms with Crippen LogP contribution in [0.15, 0.2) is 24.3 Å². The van der Waals surface area contributed by atoms with Gasteiger partial charge in [0.05, 0.1) is 29.7 Å². The van der Waals surface area contributed by atoms with Crippen LogP contribution >= 0.6 is 11.3 Å². The first-order valence-corrected chi connectivity index (χ1v) is 10.6. The van der Waals surface area contributed by atoms with Crippen molar-refractivity contribution in [3.05, 3.63) is 40.4 Å². The number of fused-ring (bicyclic) bond motifs is 5. The summed E-state index contributed by atoms with van der Waals surface area (Å²) in [6, 6.07) is 8.42. The van der Waals surface area contributed by atoms with Gasteiger partial charge in [-0.25, -0.2) is 4.98 Å². The molecule has 3 fully saturated rings. The molecule has 1 aromatic carbocycles. The topological polar surface area (TPSA) is 56.3 Å².